The van der Waals surface area contributed by atoms with Crippen LogP contribution in [0.2, 0.25) is 0 Å². The van der Waals surface area contributed by atoms with Crippen molar-refractivity contribution in [2.45, 2.75) is 29.8 Å². The maximum atomic E-state index is 13.2. The maximum Gasteiger partial charge on any atom is 0.251 e. The van der Waals surface area contributed by atoms with Gasteiger partial charge in [-0.1, -0.05) is 18.2 Å². The van der Waals surface area contributed by atoms with Crippen LogP contribution in [0.1, 0.15) is 23.2 Å². The van der Waals surface area contributed by atoms with E-state index in [2.05, 4.69) is 5.32 Å². The molecule has 3 atom stereocenters. The van der Waals surface area contributed by atoms with Gasteiger partial charge in [0.05, 0.1) is 4.90 Å². The average molecular weight is 414 g/mol. The largest absolute Gasteiger partial charge is 0.486 e. The van der Waals surface area contributed by atoms with Gasteiger partial charge in [0.25, 0.3) is 5.91 Å². The fourth-order valence-corrected chi connectivity index (χ4v) is 6.26. The number of sulfonamides is 1. The van der Waals surface area contributed by atoms with E-state index in [4.69, 9.17) is 9.47 Å². The summed E-state index contributed by atoms with van der Waals surface area (Å²) in [5.74, 6) is 1.06. The zero-order valence-electron chi connectivity index (χ0n) is 15.8. The zero-order valence-corrected chi connectivity index (χ0v) is 16.6. The van der Waals surface area contributed by atoms with Crippen LogP contribution in [0.3, 0.4) is 0 Å². The number of ether oxygens (including phenoxy) is 2. The monoisotopic (exact) mass is 414 g/mol. The van der Waals surface area contributed by atoms with Gasteiger partial charge >= 0.3 is 0 Å². The van der Waals surface area contributed by atoms with Gasteiger partial charge < -0.3 is 14.8 Å². The topological polar surface area (TPSA) is 84.9 Å². The maximum absolute atomic E-state index is 13.2. The number of rotatable bonds is 4. The molecule has 5 rings (SSSR count). The minimum atomic E-state index is -3.62. The molecular weight excluding hydrogens is 392 g/mol. The highest BCUT2D eigenvalue weighted by Crippen LogP contribution is 2.42. The molecule has 0 spiro atoms. The number of hydrogen-bond donors (Lipinski definition) is 1. The predicted octanol–water partition coefficient (Wildman–Crippen LogP) is 2.04. The lowest BCUT2D eigenvalue weighted by molar-refractivity contribution is 0.0919. The Kier molecular flexibility index (Phi) is 4.48. The summed E-state index contributed by atoms with van der Waals surface area (Å²) < 4.78 is 39.0. The van der Waals surface area contributed by atoms with Crippen LogP contribution < -0.4 is 14.8 Å². The first kappa shape index (κ1) is 18.4. The Morgan fingerprint density at radius 1 is 1.00 bits per heavy atom. The highest BCUT2D eigenvalue weighted by molar-refractivity contribution is 7.89. The molecule has 0 aromatic heterocycles. The van der Waals surface area contributed by atoms with E-state index in [1.165, 1.54) is 0 Å². The Bertz CT molecular complexity index is 1040. The van der Waals surface area contributed by atoms with E-state index in [1.807, 2.05) is 18.2 Å². The van der Waals surface area contributed by atoms with Crippen molar-refractivity contribution in [1.29, 1.82) is 0 Å². The smallest absolute Gasteiger partial charge is 0.251 e. The van der Waals surface area contributed by atoms with Crippen LogP contribution in [0.15, 0.2) is 53.4 Å². The number of carbonyl (C=O) groups excluding carboxylic acids is 1. The quantitative estimate of drug-likeness (QED) is 0.828. The summed E-state index contributed by atoms with van der Waals surface area (Å²) in [5, 5.41) is 3.08. The van der Waals surface area contributed by atoms with Crippen molar-refractivity contribution in [2.24, 2.45) is 5.92 Å². The first-order valence-corrected chi connectivity index (χ1v) is 11.2. The molecule has 2 aliphatic heterocycles. The van der Waals surface area contributed by atoms with E-state index in [9.17, 15) is 13.2 Å². The molecule has 2 heterocycles. The SMILES string of the molecule is O=C(NC1CC2CC1CN2S(=O)(=O)c1ccc2c(c1)OCCO2)c1ccccc1. The van der Waals surface area contributed by atoms with Crippen LogP contribution in [0, 0.1) is 5.92 Å². The normalized spacial score (nSPS) is 25.7. The van der Waals surface area contributed by atoms with Crippen molar-refractivity contribution >= 4 is 15.9 Å². The Morgan fingerprint density at radius 3 is 2.48 bits per heavy atom. The number of nitrogens with one attached hydrogen (secondary N) is 1. The average Bonchev–Trinajstić information content (AvgIpc) is 3.35. The van der Waals surface area contributed by atoms with Gasteiger partial charge in [-0.05, 0) is 43.0 Å². The molecule has 3 unspecified atom stereocenters. The van der Waals surface area contributed by atoms with Crippen molar-refractivity contribution < 1.29 is 22.7 Å². The molecule has 1 saturated carbocycles. The van der Waals surface area contributed by atoms with Crippen molar-refractivity contribution in [3.8, 4) is 11.5 Å². The van der Waals surface area contributed by atoms with Crippen LogP contribution in [-0.2, 0) is 10.0 Å². The van der Waals surface area contributed by atoms with Gasteiger partial charge in [-0.15, -0.1) is 0 Å². The fraction of sp³-hybridized carbons (Fsp3) is 0.381. The summed E-state index contributed by atoms with van der Waals surface area (Å²) in [5.41, 5.74) is 0.621. The molecule has 1 N–H and O–H groups in total. The van der Waals surface area contributed by atoms with E-state index < -0.39 is 10.0 Å². The van der Waals surface area contributed by atoms with Crippen LogP contribution in [-0.4, -0.2) is 50.5 Å². The Balaban J connectivity index is 1.29. The number of nitrogens with zero attached hydrogens (tertiary/aromatic N) is 1. The Hall–Kier alpha value is -2.58. The highest BCUT2D eigenvalue weighted by Gasteiger charge is 2.49. The molecule has 29 heavy (non-hydrogen) atoms. The fourth-order valence-electron chi connectivity index (χ4n) is 4.54. The Labute approximate surface area is 169 Å². The van der Waals surface area contributed by atoms with E-state index in [1.54, 1.807) is 34.6 Å². The molecule has 7 nitrogen and oxygen atoms in total. The van der Waals surface area contributed by atoms with Gasteiger partial charge in [0, 0.05) is 30.3 Å². The van der Waals surface area contributed by atoms with Crippen LogP contribution >= 0.6 is 0 Å². The predicted molar refractivity (Wildman–Crippen MR) is 106 cm³/mol. The standard InChI is InChI=1S/C21H22N2O5S/c24-21(14-4-2-1-3-5-14)22-18-11-16-10-15(18)13-23(16)29(25,26)17-6-7-19-20(12-17)28-9-8-27-19/h1-7,12,15-16,18H,8-11,13H2,(H,22,24). The summed E-state index contributed by atoms with van der Waals surface area (Å²) >= 11 is 0. The van der Waals surface area contributed by atoms with Gasteiger partial charge in [0.1, 0.15) is 13.2 Å². The van der Waals surface area contributed by atoms with Gasteiger partial charge in [0.15, 0.2) is 11.5 Å². The summed E-state index contributed by atoms with van der Waals surface area (Å²) in [6.45, 7) is 1.29. The second-order valence-corrected chi connectivity index (χ2v) is 9.60. The first-order valence-electron chi connectivity index (χ1n) is 9.80. The summed E-state index contributed by atoms with van der Waals surface area (Å²) in [7, 11) is -3.62. The summed E-state index contributed by atoms with van der Waals surface area (Å²) in [6, 6.07) is 13.8. The summed E-state index contributed by atoms with van der Waals surface area (Å²) in [4.78, 5) is 12.7. The van der Waals surface area contributed by atoms with Gasteiger partial charge in [0.2, 0.25) is 10.0 Å². The number of fused-ring (bicyclic) bond motifs is 3. The van der Waals surface area contributed by atoms with E-state index in [-0.39, 0.29) is 28.8 Å². The lowest BCUT2D eigenvalue weighted by Gasteiger charge is -2.31. The molecule has 2 bridgehead atoms. The van der Waals surface area contributed by atoms with Crippen LogP contribution in [0.5, 0.6) is 11.5 Å². The number of hydrogen-bond acceptors (Lipinski definition) is 5. The molecule has 1 aliphatic carbocycles. The highest BCUT2D eigenvalue weighted by atomic mass is 32.2. The van der Waals surface area contributed by atoms with Crippen LogP contribution in [0.25, 0.3) is 0 Å². The van der Waals surface area contributed by atoms with Crippen LogP contribution in [0.4, 0.5) is 0 Å². The van der Waals surface area contributed by atoms with E-state index in [0.29, 0.717) is 43.2 Å². The minimum Gasteiger partial charge on any atom is -0.486 e. The minimum absolute atomic E-state index is 0.000535. The summed E-state index contributed by atoms with van der Waals surface area (Å²) in [6.07, 6.45) is 1.40. The molecule has 8 heteroatoms. The third kappa shape index (κ3) is 3.26. The number of benzene rings is 2. The van der Waals surface area contributed by atoms with E-state index in [0.717, 1.165) is 6.42 Å². The third-order valence-electron chi connectivity index (χ3n) is 5.96. The molecule has 152 valence electrons. The molecule has 2 aromatic rings. The van der Waals surface area contributed by atoms with Gasteiger partial charge in [-0.25, -0.2) is 8.42 Å². The van der Waals surface area contributed by atoms with Gasteiger partial charge in [-0.3, -0.25) is 4.79 Å². The van der Waals surface area contributed by atoms with Crippen molar-refractivity contribution in [1.82, 2.24) is 9.62 Å². The van der Waals surface area contributed by atoms with Crippen molar-refractivity contribution in [3.63, 3.8) is 0 Å². The molecule has 3 aliphatic rings. The molecule has 2 aromatic carbocycles. The zero-order chi connectivity index (χ0) is 20.0. The number of piperidine rings is 1. The number of amides is 1. The molecule has 1 saturated heterocycles. The lowest BCUT2D eigenvalue weighted by Crippen LogP contribution is -2.47. The molecule has 0 radical (unpaired) electrons. The Morgan fingerprint density at radius 2 is 1.76 bits per heavy atom. The van der Waals surface area contributed by atoms with Gasteiger partial charge in [-0.2, -0.15) is 4.31 Å². The molecular formula is C21H22N2O5S. The van der Waals surface area contributed by atoms with Crippen molar-refractivity contribution in [2.75, 3.05) is 19.8 Å². The number of carbonyl (C=O) groups is 1. The second kappa shape index (κ2) is 7.03. The van der Waals surface area contributed by atoms with Crippen molar-refractivity contribution in [3.05, 3.63) is 54.1 Å². The second-order valence-electron chi connectivity index (χ2n) is 7.71. The third-order valence-corrected chi connectivity index (χ3v) is 7.88. The lowest BCUT2D eigenvalue weighted by atomic mass is 10.0. The first-order chi connectivity index (χ1) is 14.0. The van der Waals surface area contributed by atoms with E-state index >= 15 is 0 Å². The molecule has 1 amide bonds. The molecule has 2 fully saturated rings.